The predicted octanol–water partition coefficient (Wildman–Crippen LogP) is -3.72. The molecule has 0 aliphatic heterocycles. The molecule has 1 rings (SSSR count). The number of carbonyl (C=O) groups is 1. The molecule has 1 aromatic carbocycles. The van der Waals surface area contributed by atoms with Crippen LogP contribution in [0.4, 0.5) is 5.69 Å². The summed E-state index contributed by atoms with van der Waals surface area (Å²) in [5.74, 6) is 0.00838. The Bertz CT molecular complexity index is 373. The van der Waals surface area contributed by atoms with Gasteiger partial charge in [0.05, 0.1) is 5.56 Å². The third-order valence-electron chi connectivity index (χ3n) is 1.67. The van der Waals surface area contributed by atoms with Crippen molar-refractivity contribution in [2.45, 2.75) is 0 Å². The second-order valence-corrected chi connectivity index (χ2v) is 2.73. The first kappa shape index (κ1) is 13.2. The molecule has 0 unspecified atom stereocenters. The van der Waals surface area contributed by atoms with E-state index in [2.05, 4.69) is 11.9 Å². The SMILES string of the molecule is C=CC(=O)Nc1ccc(C(N)=[NH2+])cc1.[Cl-]. The summed E-state index contributed by atoms with van der Waals surface area (Å²) in [6.07, 6.45) is 1.21. The molecule has 4 nitrogen and oxygen atoms in total. The topological polar surface area (TPSA) is 80.7 Å². The molecule has 0 aliphatic carbocycles. The zero-order chi connectivity index (χ0) is 10.6. The van der Waals surface area contributed by atoms with Crippen LogP contribution in [0.15, 0.2) is 36.9 Å². The van der Waals surface area contributed by atoms with Crippen LogP contribution in [0.5, 0.6) is 0 Å². The van der Waals surface area contributed by atoms with Gasteiger partial charge in [-0.05, 0) is 30.3 Å². The van der Waals surface area contributed by atoms with E-state index in [1.54, 1.807) is 24.3 Å². The smallest absolute Gasteiger partial charge is 0.270 e. The van der Waals surface area contributed by atoms with E-state index in [0.717, 1.165) is 5.56 Å². The summed E-state index contributed by atoms with van der Waals surface area (Å²) in [6, 6.07) is 6.90. The van der Waals surface area contributed by atoms with Gasteiger partial charge in [-0.3, -0.25) is 15.9 Å². The summed E-state index contributed by atoms with van der Waals surface area (Å²) >= 11 is 0. The zero-order valence-electron chi connectivity index (χ0n) is 8.03. The first-order valence-electron chi connectivity index (χ1n) is 4.05. The average Bonchev–Trinajstić information content (AvgIpc) is 2.18. The second-order valence-electron chi connectivity index (χ2n) is 2.73. The van der Waals surface area contributed by atoms with Crippen LogP contribution in [0.3, 0.4) is 0 Å². The fourth-order valence-electron chi connectivity index (χ4n) is 0.939. The van der Waals surface area contributed by atoms with Crippen LogP contribution in [-0.4, -0.2) is 11.7 Å². The number of rotatable bonds is 3. The highest BCUT2D eigenvalue weighted by Gasteiger charge is 2.01. The van der Waals surface area contributed by atoms with E-state index in [0.29, 0.717) is 5.69 Å². The molecule has 5 N–H and O–H groups in total. The summed E-state index contributed by atoms with van der Waals surface area (Å²) in [7, 11) is 0. The zero-order valence-corrected chi connectivity index (χ0v) is 8.79. The number of carbonyl (C=O) groups excluding carboxylic acids is 1. The molecule has 0 fully saturated rings. The van der Waals surface area contributed by atoms with Gasteiger partial charge < -0.3 is 17.7 Å². The highest BCUT2D eigenvalue weighted by atomic mass is 35.5. The molecule has 5 heteroatoms. The van der Waals surface area contributed by atoms with Gasteiger partial charge in [-0.25, -0.2) is 0 Å². The van der Waals surface area contributed by atoms with Gasteiger partial charge in [0.15, 0.2) is 0 Å². The maximum atomic E-state index is 10.9. The third-order valence-corrected chi connectivity index (χ3v) is 1.67. The Morgan fingerprint density at radius 3 is 2.33 bits per heavy atom. The van der Waals surface area contributed by atoms with Crippen molar-refractivity contribution in [2.75, 3.05) is 5.32 Å². The number of hydrogen-bond acceptors (Lipinski definition) is 1. The monoisotopic (exact) mass is 225 g/mol. The number of halogens is 1. The Morgan fingerprint density at radius 1 is 1.40 bits per heavy atom. The van der Waals surface area contributed by atoms with Gasteiger partial charge in [-0.15, -0.1) is 0 Å². The molecule has 0 bridgehead atoms. The van der Waals surface area contributed by atoms with Crippen molar-refractivity contribution < 1.29 is 22.6 Å². The average molecular weight is 226 g/mol. The van der Waals surface area contributed by atoms with E-state index in [-0.39, 0.29) is 24.1 Å². The van der Waals surface area contributed by atoms with E-state index in [1.807, 2.05) is 0 Å². The van der Waals surface area contributed by atoms with Crippen molar-refractivity contribution in [3.8, 4) is 0 Å². The molecular weight excluding hydrogens is 214 g/mol. The molecule has 0 saturated heterocycles. The van der Waals surface area contributed by atoms with Crippen molar-refractivity contribution in [1.82, 2.24) is 0 Å². The van der Waals surface area contributed by atoms with Crippen LogP contribution in [0.2, 0.25) is 0 Å². The quantitative estimate of drug-likeness (QED) is 0.281. The lowest BCUT2D eigenvalue weighted by molar-refractivity contribution is -0.114. The first-order chi connectivity index (χ1) is 6.63. The van der Waals surface area contributed by atoms with E-state index in [1.165, 1.54) is 6.08 Å². The van der Waals surface area contributed by atoms with Crippen LogP contribution in [0.1, 0.15) is 5.56 Å². The minimum atomic E-state index is -0.248. The van der Waals surface area contributed by atoms with E-state index >= 15 is 0 Å². The Kier molecular flexibility index (Phi) is 5.12. The molecule has 15 heavy (non-hydrogen) atoms. The minimum absolute atomic E-state index is 0. The van der Waals surface area contributed by atoms with E-state index in [4.69, 9.17) is 11.1 Å². The minimum Gasteiger partial charge on any atom is -1.00 e. The lowest BCUT2D eigenvalue weighted by Crippen LogP contribution is -3.00. The van der Waals surface area contributed by atoms with Crippen molar-refractivity contribution >= 4 is 17.4 Å². The molecule has 80 valence electrons. The molecule has 0 saturated carbocycles. The molecule has 0 aromatic heterocycles. The highest BCUT2D eigenvalue weighted by Crippen LogP contribution is 2.08. The van der Waals surface area contributed by atoms with Gasteiger partial charge in [0.1, 0.15) is 0 Å². The van der Waals surface area contributed by atoms with Crippen molar-refractivity contribution in [3.05, 3.63) is 42.5 Å². The number of nitrogens with two attached hydrogens (primary N) is 2. The van der Waals surface area contributed by atoms with Crippen LogP contribution in [0, 0.1) is 0 Å². The fourth-order valence-corrected chi connectivity index (χ4v) is 0.939. The Balaban J connectivity index is 0.00000196. The molecule has 1 amide bonds. The van der Waals surface area contributed by atoms with Crippen molar-refractivity contribution in [2.24, 2.45) is 5.73 Å². The maximum Gasteiger partial charge on any atom is 0.270 e. The van der Waals surface area contributed by atoms with Crippen LogP contribution < -0.4 is 28.9 Å². The lowest BCUT2D eigenvalue weighted by Gasteiger charge is -2.01. The summed E-state index contributed by atoms with van der Waals surface area (Å²) < 4.78 is 0. The summed E-state index contributed by atoms with van der Waals surface area (Å²) in [5, 5.41) is 7.99. The van der Waals surface area contributed by atoms with Gasteiger partial charge in [0.2, 0.25) is 5.91 Å². The van der Waals surface area contributed by atoms with Gasteiger partial charge in [0.25, 0.3) is 5.84 Å². The maximum absolute atomic E-state index is 10.9. The highest BCUT2D eigenvalue weighted by molar-refractivity contribution is 5.99. The standard InChI is InChI=1S/C10H11N3O.ClH/c1-2-9(14)13-8-5-3-7(4-6-8)10(11)12;/h2-6H,1H2,(H3,11,12)(H,13,14);1H. The Labute approximate surface area is 94.1 Å². The molecule has 0 heterocycles. The molecule has 0 radical (unpaired) electrons. The third kappa shape index (κ3) is 3.83. The van der Waals surface area contributed by atoms with Crippen molar-refractivity contribution in [1.29, 1.82) is 0 Å². The van der Waals surface area contributed by atoms with Gasteiger partial charge >= 0.3 is 0 Å². The molecule has 0 atom stereocenters. The number of amidine groups is 1. The van der Waals surface area contributed by atoms with E-state index < -0.39 is 0 Å². The summed E-state index contributed by atoms with van der Waals surface area (Å²) in [6.45, 7) is 3.35. The Morgan fingerprint density at radius 2 is 1.93 bits per heavy atom. The van der Waals surface area contributed by atoms with Crippen LogP contribution in [0.25, 0.3) is 0 Å². The Hall–Kier alpha value is -1.81. The number of benzene rings is 1. The lowest BCUT2D eigenvalue weighted by atomic mass is 10.2. The predicted molar refractivity (Wildman–Crippen MR) is 55.5 cm³/mol. The molecular formula is C10H12ClN3O. The molecule has 0 spiro atoms. The van der Waals surface area contributed by atoms with Crippen molar-refractivity contribution in [3.63, 3.8) is 0 Å². The largest absolute Gasteiger partial charge is 1.00 e. The normalized spacial score (nSPS) is 8.53. The van der Waals surface area contributed by atoms with E-state index in [9.17, 15) is 4.79 Å². The van der Waals surface area contributed by atoms with Gasteiger partial charge in [-0.2, -0.15) is 0 Å². The van der Waals surface area contributed by atoms with Gasteiger partial charge in [0, 0.05) is 5.69 Å². The number of hydrogen-bond donors (Lipinski definition) is 3. The number of amides is 1. The summed E-state index contributed by atoms with van der Waals surface area (Å²) in [5.41, 5.74) is 6.80. The second kappa shape index (κ2) is 5.82. The van der Waals surface area contributed by atoms with Crippen LogP contribution in [-0.2, 0) is 4.79 Å². The molecule has 0 aliphatic rings. The first-order valence-corrected chi connectivity index (χ1v) is 4.05. The van der Waals surface area contributed by atoms with Crippen LogP contribution >= 0.6 is 0 Å². The number of anilines is 1. The summed E-state index contributed by atoms with van der Waals surface area (Å²) in [4.78, 5) is 10.9. The molecule has 1 aromatic rings. The fraction of sp³-hybridized carbons (Fsp3) is 0. The van der Waals surface area contributed by atoms with Gasteiger partial charge in [-0.1, -0.05) is 6.58 Å². The number of nitrogens with one attached hydrogen (secondary N) is 1.